The number of hydrogen-bond donors (Lipinski definition) is 1. The van der Waals surface area contributed by atoms with Crippen LogP contribution in [0.25, 0.3) is 0 Å². The maximum absolute atomic E-state index is 3.65. The van der Waals surface area contributed by atoms with Crippen LogP contribution in [0.4, 0.5) is 0 Å². The second-order valence-corrected chi connectivity index (χ2v) is 5.19. The highest BCUT2D eigenvalue weighted by Crippen LogP contribution is 2.24. The molecule has 1 saturated carbocycles. The molecule has 2 rings (SSSR count). The Morgan fingerprint density at radius 2 is 1.71 bits per heavy atom. The van der Waals surface area contributed by atoms with E-state index in [1.165, 1.54) is 45.2 Å². The van der Waals surface area contributed by atoms with E-state index < -0.39 is 0 Å². The van der Waals surface area contributed by atoms with Gasteiger partial charge in [0.15, 0.2) is 0 Å². The van der Waals surface area contributed by atoms with Gasteiger partial charge in [-0.2, -0.15) is 0 Å². The Bertz CT molecular complexity index is 175. The standard InChI is InChI=1S/C12H24N2/c1-10-7-8-14(9-11(2)13-10)12-5-3-4-6-12/h10-13H,3-9H2,1-2H3. The van der Waals surface area contributed by atoms with Crippen molar-refractivity contribution < 1.29 is 0 Å². The summed E-state index contributed by atoms with van der Waals surface area (Å²) in [4.78, 5) is 2.73. The first-order chi connectivity index (χ1) is 6.75. The number of hydrogen-bond acceptors (Lipinski definition) is 2. The maximum atomic E-state index is 3.65. The van der Waals surface area contributed by atoms with Crippen molar-refractivity contribution >= 4 is 0 Å². The van der Waals surface area contributed by atoms with Gasteiger partial charge in [0.05, 0.1) is 0 Å². The first kappa shape index (κ1) is 10.4. The Labute approximate surface area is 88.1 Å². The van der Waals surface area contributed by atoms with Gasteiger partial charge in [-0.1, -0.05) is 12.8 Å². The van der Waals surface area contributed by atoms with Crippen LogP contribution in [-0.2, 0) is 0 Å². The van der Waals surface area contributed by atoms with Gasteiger partial charge in [-0.05, 0) is 39.7 Å². The highest BCUT2D eigenvalue weighted by molar-refractivity contribution is 4.84. The summed E-state index contributed by atoms with van der Waals surface area (Å²) in [6, 6.07) is 2.29. The van der Waals surface area contributed by atoms with Crippen LogP contribution in [0.5, 0.6) is 0 Å². The molecule has 1 aliphatic carbocycles. The molecule has 1 heterocycles. The van der Waals surface area contributed by atoms with Gasteiger partial charge in [-0.25, -0.2) is 0 Å². The Morgan fingerprint density at radius 1 is 1.00 bits per heavy atom. The predicted molar refractivity (Wildman–Crippen MR) is 60.5 cm³/mol. The minimum absolute atomic E-state index is 0.674. The van der Waals surface area contributed by atoms with Gasteiger partial charge in [0.1, 0.15) is 0 Å². The fourth-order valence-electron chi connectivity index (χ4n) is 3.03. The molecule has 1 N–H and O–H groups in total. The van der Waals surface area contributed by atoms with Crippen LogP contribution in [0, 0.1) is 0 Å². The van der Waals surface area contributed by atoms with E-state index >= 15 is 0 Å². The van der Waals surface area contributed by atoms with Crippen molar-refractivity contribution in [3.63, 3.8) is 0 Å². The van der Waals surface area contributed by atoms with Gasteiger partial charge >= 0.3 is 0 Å². The summed E-state index contributed by atoms with van der Waals surface area (Å²) in [5, 5.41) is 3.65. The topological polar surface area (TPSA) is 15.3 Å². The zero-order chi connectivity index (χ0) is 9.97. The van der Waals surface area contributed by atoms with Gasteiger partial charge in [0, 0.05) is 24.7 Å². The van der Waals surface area contributed by atoms with Crippen molar-refractivity contribution in [2.75, 3.05) is 13.1 Å². The van der Waals surface area contributed by atoms with Crippen molar-refractivity contribution in [2.45, 2.75) is 64.1 Å². The van der Waals surface area contributed by atoms with E-state index in [-0.39, 0.29) is 0 Å². The van der Waals surface area contributed by atoms with Crippen LogP contribution in [0.2, 0.25) is 0 Å². The molecule has 0 aromatic heterocycles. The largest absolute Gasteiger partial charge is 0.310 e. The Morgan fingerprint density at radius 3 is 2.43 bits per heavy atom. The zero-order valence-electron chi connectivity index (χ0n) is 9.63. The zero-order valence-corrected chi connectivity index (χ0v) is 9.63. The van der Waals surface area contributed by atoms with Crippen molar-refractivity contribution in [3.8, 4) is 0 Å². The third-order valence-electron chi connectivity index (χ3n) is 3.77. The van der Waals surface area contributed by atoms with Crippen molar-refractivity contribution in [2.24, 2.45) is 0 Å². The van der Waals surface area contributed by atoms with Crippen LogP contribution in [0.1, 0.15) is 46.0 Å². The monoisotopic (exact) mass is 196 g/mol. The first-order valence-corrected chi connectivity index (χ1v) is 6.26. The molecule has 2 atom stereocenters. The molecule has 0 bridgehead atoms. The van der Waals surface area contributed by atoms with Gasteiger partial charge in [-0.3, -0.25) is 4.90 Å². The van der Waals surface area contributed by atoms with E-state index in [0.29, 0.717) is 12.1 Å². The molecule has 1 aliphatic heterocycles. The van der Waals surface area contributed by atoms with Crippen LogP contribution < -0.4 is 5.32 Å². The number of nitrogens with one attached hydrogen (secondary N) is 1. The van der Waals surface area contributed by atoms with E-state index in [1.54, 1.807) is 0 Å². The summed E-state index contributed by atoms with van der Waals surface area (Å²) in [5.74, 6) is 0. The molecule has 2 aliphatic rings. The summed E-state index contributed by atoms with van der Waals surface area (Å²) in [5.41, 5.74) is 0. The molecule has 0 radical (unpaired) electrons. The third kappa shape index (κ3) is 2.48. The van der Waals surface area contributed by atoms with E-state index in [2.05, 4.69) is 24.1 Å². The summed E-state index contributed by atoms with van der Waals surface area (Å²) < 4.78 is 0. The molecule has 0 amide bonds. The van der Waals surface area contributed by atoms with Crippen LogP contribution in [-0.4, -0.2) is 36.1 Å². The first-order valence-electron chi connectivity index (χ1n) is 6.26. The van der Waals surface area contributed by atoms with Crippen molar-refractivity contribution in [1.82, 2.24) is 10.2 Å². The molecule has 14 heavy (non-hydrogen) atoms. The molecule has 2 fully saturated rings. The number of nitrogens with zero attached hydrogens (tertiary/aromatic N) is 1. The average molecular weight is 196 g/mol. The maximum Gasteiger partial charge on any atom is 0.0169 e. The quantitative estimate of drug-likeness (QED) is 0.690. The van der Waals surface area contributed by atoms with E-state index in [0.717, 1.165) is 6.04 Å². The summed E-state index contributed by atoms with van der Waals surface area (Å²) in [7, 11) is 0. The molecular formula is C12H24N2. The van der Waals surface area contributed by atoms with Gasteiger partial charge in [-0.15, -0.1) is 0 Å². The highest BCUT2D eigenvalue weighted by Gasteiger charge is 2.26. The molecule has 1 saturated heterocycles. The van der Waals surface area contributed by atoms with Gasteiger partial charge in [0.2, 0.25) is 0 Å². The lowest BCUT2D eigenvalue weighted by atomic mass is 10.2. The van der Waals surface area contributed by atoms with Crippen molar-refractivity contribution in [1.29, 1.82) is 0 Å². The smallest absolute Gasteiger partial charge is 0.0169 e. The Hall–Kier alpha value is -0.0800. The third-order valence-corrected chi connectivity index (χ3v) is 3.77. The highest BCUT2D eigenvalue weighted by atomic mass is 15.2. The molecule has 2 unspecified atom stereocenters. The van der Waals surface area contributed by atoms with Gasteiger partial charge in [0.25, 0.3) is 0 Å². The number of rotatable bonds is 1. The van der Waals surface area contributed by atoms with Crippen LogP contribution >= 0.6 is 0 Å². The second-order valence-electron chi connectivity index (χ2n) is 5.19. The van der Waals surface area contributed by atoms with E-state index in [4.69, 9.17) is 0 Å². The average Bonchev–Trinajstić information content (AvgIpc) is 2.59. The summed E-state index contributed by atoms with van der Waals surface area (Å²) >= 11 is 0. The lowest BCUT2D eigenvalue weighted by molar-refractivity contribution is 0.198. The van der Waals surface area contributed by atoms with Crippen molar-refractivity contribution in [3.05, 3.63) is 0 Å². The normalized spacial score (nSPS) is 37.3. The lowest BCUT2D eigenvalue weighted by Gasteiger charge is -2.28. The molecular weight excluding hydrogens is 172 g/mol. The fraction of sp³-hybridized carbons (Fsp3) is 1.00. The lowest BCUT2D eigenvalue weighted by Crippen LogP contribution is -2.41. The predicted octanol–water partition coefficient (Wildman–Crippen LogP) is 2.00. The Balaban J connectivity index is 1.90. The molecule has 2 nitrogen and oxygen atoms in total. The second kappa shape index (κ2) is 4.63. The molecule has 0 aromatic rings. The van der Waals surface area contributed by atoms with Crippen LogP contribution in [0.3, 0.4) is 0 Å². The minimum atomic E-state index is 0.674. The minimum Gasteiger partial charge on any atom is -0.310 e. The molecule has 2 heteroatoms. The molecule has 0 spiro atoms. The van der Waals surface area contributed by atoms with E-state index in [9.17, 15) is 0 Å². The van der Waals surface area contributed by atoms with E-state index in [1.807, 2.05) is 0 Å². The fourth-order valence-corrected chi connectivity index (χ4v) is 3.03. The molecule has 82 valence electrons. The van der Waals surface area contributed by atoms with Crippen LogP contribution in [0.15, 0.2) is 0 Å². The van der Waals surface area contributed by atoms with Gasteiger partial charge < -0.3 is 5.32 Å². The summed E-state index contributed by atoms with van der Waals surface area (Å²) in [6.45, 7) is 7.20. The SMILES string of the molecule is CC1CCN(C2CCCC2)CC(C)N1. The molecule has 0 aromatic carbocycles. The summed E-state index contributed by atoms with van der Waals surface area (Å²) in [6.07, 6.45) is 7.13. The Kier molecular flexibility index (Phi) is 3.45.